The topological polar surface area (TPSA) is 187 Å². The van der Waals surface area contributed by atoms with Gasteiger partial charge in [-0.15, -0.1) is 0 Å². The molecule has 0 fully saturated rings. The van der Waals surface area contributed by atoms with Gasteiger partial charge < -0.3 is 42.9 Å². The molecule has 0 unspecified atom stereocenters. The number of hydrogen-bond acceptors (Lipinski definition) is 16. The molecule has 0 aliphatic carbocycles. The van der Waals surface area contributed by atoms with Crippen LogP contribution >= 0.6 is 0 Å². The third-order valence-corrected chi connectivity index (χ3v) is 6.51. The smallest absolute Gasteiger partial charge is 0.343 e. The molecule has 16 heteroatoms. The summed E-state index contributed by atoms with van der Waals surface area (Å²) in [6.45, 7) is 5.76. The Morgan fingerprint density at radius 3 is 1.20 bits per heavy atom. The van der Waals surface area contributed by atoms with Gasteiger partial charge in [-0.3, -0.25) is 9.59 Å². The van der Waals surface area contributed by atoms with E-state index in [1.807, 2.05) is 0 Å². The third kappa shape index (κ3) is 15.1. The molecule has 55 heavy (non-hydrogen) atoms. The molecule has 16 nitrogen and oxygen atoms in total. The van der Waals surface area contributed by atoms with E-state index in [1.165, 1.54) is 97.1 Å². The number of esters is 5. The maximum atomic E-state index is 12.5. The van der Waals surface area contributed by atoms with Gasteiger partial charge in [0.25, 0.3) is 0 Å². The molecule has 0 radical (unpaired) electrons. The molecule has 4 aromatic carbocycles. The molecule has 0 amide bonds. The van der Waals surface area contributed by atoms with Crippen LogP contribution in [0.15, 0.2) is 122 Å². The van der Waals surface area contributed by atoms with Crippen molar-refractivity contribution in [1.29, 1.82) is 0 Å². The first-order chi connectivity index (χ1) is 26.7. The van der Waals surface area contributed by atoms with Gasteiger partial charge in [0.2, 0.25) is 13.6 Å². The Morgan fingerprint density at radius 2 is 0.800 bits per heavy atom. The highest BCUT2D eigenvalue weighted by molar-refractivity contribution is 5.91. The summed E-state index contributed by atoms with van der Waals surface area (Å²) in [6.07, 6.45) is 1.80. The molecular weight excluding hydrogens is 724 g/mol. The number of benzene rings is 4. The molecule has 0 aliphatic rings. The average molecular weight is 759 g/mol. The van der Waals surface area contributed by atoms with Gasteiger partial charge in [0.05, 0.1) is 18.4 Å². The number of carbonyl (C=O) groups is 5. The predicted octanol–water partition coefficient (Wildman–Crippen LogP) is 5.65. The van der Waals surface area contributed by atoms with Crippen molar-refractivity contribution >= 4 is 29.8 Å². The fraction of sp³-hybridized carbons (Fsp3) is 0.154. The van der Waals surface area contributed by atoms with E-state index in [4.69, 9.17) is 52.7 Å². The van der Waals surface area contributed by atoms with Crippen LogP contribution in [0.25, 0.3) is 0 Å². The summed E-state index contributed by atoms with van der Waals surface area (Å²) in [6, 6.07) is 24.1. The van der Waals surface area contributed by atoms with Gasteiger partial charge in [0.15, 0.2) is 11.5 Å². The fourth-order valence-corrected chi connectivity index (χ4v) is 3.85. The summed E-state index contributed by atoms with van der Waals surface area (Å²) >= 11 is 0. The minimum atomic E-state index is -0.621. The quantitative estimate of drug-likeness (QED) is 0.0182. The highest BCUT2D eigenvalue weighted by atomic mass is 17.2. The van der Waals surface area contributed by atoms with E-state index in [-0.39, 0.29) is 62.5 Å². The number of carbonyl (C=O) groups excluding carboxylic acids is 5. The third-order valence-electron chi connectivity index (χ3n) is 6.51. The van der Waals surface area contributed by atoms with E-state index in [2.05, 4.69) is 13.2 Å². The molecule has 0 saturated heterocycles. The molecule has 4 aromatic rings. The van der Waals surface area contributed by atoms with E-state index in [0.717, 1.165) is 12.2 Å². The van der Waals surface area contributed by atoms with Crippen molar-refractivity contribution < 1.29 is 76.7 Å². The van der Waals surface area contributed by atoms with Gasteiger partial charge in [-0.25, -0.2) is 14.4 Å². The lowest BCUT2D eigenvalue weighted by atomic mass is 10.2. The van der Waals surface area contributed by atoms with Crippen molar-refractivity contribution in [2.45, 2.75) is 12.8 Å². The van der Waals surface area contributed by atoms with E-state index >= 15 is 0 Å². The van der Waals surface area contributed by atoms with Crippen molar-refractivity contribution in [2.24, 2.45) is 0 Å². The maximum absolute atomic E-state index is 12.5. The summed E-state index contributed by atoms with van der Waals surface area (Å²) in [7, 11) is 0. The van der Waals surface area contributed by atoms with Crippen LogP contribution in [0.1, 0.15) is 23.2 Å². The van der Waals surface area contributed by atoms with Gasteiger partial charge >= 0.3 is 29.8 Å². The van der Waals surface area contributed by atoms with Crippen LogP contribution < -0.4 is 33.5 Å². The van der Waals surface area contributed by atoms with E-state index < -0.39 is 29.8 Å². The molecule has 0 spiro atoms. The monoisotopic (exact) mass is 758 g/mol. The Labute approximate surface area is 314 Å². The minimum absolute atomic E-state index is 0.0994. The summed E-state index contributed by atoms with van der Waals surface area (Å²) in [4.78, 5) is 79.3. The zero-order chi connectivity index (χ0) is 39.3. The van der Waals surface area contributed by atoms with Gasteiger partial charge in [0, 0.05) is 12.2 Å². The second kappa shape index (κ2) is 22.0. The molecule has 286 valence electrons. The second-order valence-corrected chi connectivity index (χ2v) is 10.4. The lowest BCUT2D eigenvalue weighted by Crippen LogP contribution is -2.13. The van der Waals surface area contributed by atoms with Crippen LogP contribution in [-0.4, -0.2) is 56.6 Å². The number of ether oxygens (including phenoxy) is 7. The Kier molecular flexibility index (Phi) is 16.3. The first-order valence-corrected chi connectivity index (χ1v) is 16.2. The Bertz CT molecular complexity index is 1890. The van der Waals surface area contributed by atoms with Crippen molar-refractivity contribution in [3.05, 3.63) is 128 Å². The largest absolute Gasteiger partial charge is 0.457 e. The van der Waals surface area contributed by atoms with Crippen molar-refractivity contribution in [2.75, 3.05) is 26.8 Å². The van der Waals surface area contributed by atoms with Crippen LogP contribution in [0.5, 0.6) is 40.2 Å². The number of hydrogen-bond donors (Lipinski definition) is 0. The lowest BCUT2D eigenvalue weighted by molar-refractivity contribution is -0.208. The zero-order valence-corrected chi connectivity index (χ0v) is 29.1. The van der Waals surface area contributed by atoms with Gasteiger partial charge in [-0.2, -0.15) is 9.78 Å². The lowest BCUT2D eigenvalue weighted by Gasteiger charge is -2.09. The SMILES string of the molecule is C=CC(=O)OCOc1ccc(OC(=O)CCOOc2ccc(OC(=O)CCOOc3ccc(OC(=O)c4ccc(OCOC(=O)C=C)cc4)cc3)cc2)cc1. The van der Waals surface area contributed by atoms with E-state index in [9.17, 15) is 24.0 Å². The van der Waals surface area contributed by atoms with Crippen LogP contribution in [0.4, 0.5) is 0 Å². The molecular formula is C39H34O16. The number of rotatable bonds is 22. The first kappa shape index (κ1) is 40.6. The summed E-state index contributed by atoms with van der Waals surface area (Å²) < 4.78 is 35.8. The zero-order valence-electron chi connectivity index (χ0n) is 29.1. The fourth-order valence-electron chi connectivity index (χ4n) is 3.85. The molecule has 0 saturated carbocycles. The molecule has 0 bridgehead atoms. The van der Waals surface area contributed by atoms with Crippen molar-refractivity contribution in [3.8, 4) is 40.2 Å². The van der Waals surface area contributed by atoms with Crippen LogP contribution in [0.2, 0.25) is 0 Å². The molecule has 0 N–H and O–H groups in total. The van der Waals surface area contributed by atoms with Gasteiger partial charge in [-0.1, -0.05) is 13.2 Å². The Balaban J connectivity index is 1.05. The van der Waals surface area contributed by atoms with E-state index in [0.29, 0.717) is 23.0 Å². The molecule has 4 rings (SSSR count). The van der Waals surface area contributed by atoms with Crippen molar-refractivity contribution in [3.63, 3.8) is 0 Å². The van der Waals surface area contributed by atoms with Crippen LogP contribution in [-0.2, 0) is 38.4 Å². The maximum Gasteiger partial charge on any atom is 0.343 e. The molecule has 0 aliphatic heterocycles. The summed E-state index contributed by atoms with van der Waals surface area (Å²) in [5.74, 6) is -0.841. The van der Waals surface area contributed by atoms with Crippen LogP contribution in [0, 0.1) is 0 Å². The molecule has 0 heterocycles. The highest BCUT2D eigenvalue weighted by Gasteiger charge is 2.11. The predicted molar refractivity (Wildman–Crippen MR) is 188 cm³/mol. The Morgan fingerprint density at radius 1 is 0.455 bits per heavy atom. The molecule has 0 atom stereocenters. The molecule has 0 aromatic heterocycles. The Hall–Kier alpha value is -7.17. The van der Waals surface area contributed by atoms with E-state index in [1.54, 1.807) is 0 Å². The summed E-state index contributed by atoms with van der Waals surface area (Å²) in [5, 5.41) is 0. The second-order valence-electron chi connectivity index (χ2n) is 10.4. The average Bonchev–Trinajstić information content (AvgIpc) is 3.20. The normalized spacial score (nSPS) is 10.2. The van der Waals surface area contributed by atoms with Crippen molar-refractivity contribution in [1.82, 2.24) is 0 Å². The first-order valence-electron chi connectivity index (χ1n) is 16.2. The van der Waals surface area contributed by atoms with Gasteiger partial charge in [0.1, 0.15) is 42.0 Å². The standard InChI is InChI=1S/C39H34O16/c1-3-35(40)47-25-45-28-7-5-27(6-8-28)39(44)53-32-15-19-34(20-16-32)55-50-24-22-38(43)52-31-13-17-33(18-14-31)54-49-23-21-37(42)51-30-11-9-29(10-12-30)46-26-48-36(41)4-2/h3-20H,1-2,21-26H2. The van der Waals surface area contributed by atoms with Gasteiger partial charge in [-0.05, 0) is 97.1 Å². The van der Waals surface area contributed by atoms with Crippen LogP contribution in [0.3, 0.4) is 0 Å². The highest BCUT2D eigenvalue weighted by Crippen LogP contribution is 2.22. The summed E-state index contributed by atoms with van der Waals surface area (Å²) in [5.41, 5.74) is 0.262. The minimum Gasteiger partial charge on any atom is -0.457 e.